The van der Waals surface area contributed by atoms with Gasteiger partial charge in [-0.2, -0.15) is 0 Å². The summed E-state index contributed by atoms with van der Waals surface area (Å²) in [7, 11) is 0. The summed E-state index contributed by atoms with van der Waals surface area (Å²) < 4.78 is 5.03. The SMILES string of the molecule is CCC(C)(C)c1cc(C=O)no1. The molecule has 3 nitrogen and oxygen atoms in total. The van der Waals surface area contributed by atoms with Crippen molar-refractivity contribution >= 4 is 6.29 Å². The molecule has 12 heavy (non-hydrogen) atoms. The molecular formula is C9H13NO2. The average molecular weight is 167 g/mol. The predicted octanol–water partition coefficient (Wildman–Crippen LogP) is 2.17. The Hall–Kier alpha value is -1.12. The molecule has 66 valence electrons. The van der Waals surface area contributed by atoms with E-state index < -0.39 is 0 Å². The van der Waals surface area contributed by atoms with Crippen molar-refractivity contribution in [3.8, 4) is 0 Å². The van der Waals surface area contributed by atoms with E-state index in [1.165, 1.54) is 0 Å². The molecule has 3 heteroatoms. The van der Waals surface area contributed by atoms with Crippen LogP contribution in [0.3, 0.4) is 0 Å². The molecule has 0 aliphatic rings. The zero-order valence-electron chi connectivity index (χ0n) is 7.63. The molecule has 0 unspecified atom stereocenters. The van der Waals surface area contributed by atoms with Gasteiger partial charge in [0.2, 0.25) is 0 Å². The molecule has 1 rings (SSSR count). The maximum atomic E-state index is 10.3. The van der Waals surface area contributed by atoms with Crippen LogP contribution in [0.25, 0.3) is 0 Å². The van der Waals surface area contributed by atoms with Crippen molar-refractivity contribution in [2.45, 2.75) is 32.6 Å². The summed E-state index contributed by atoms with van der Waals surface area (Å²) in [6, 6.07) is 1.69. The number of carbonyl (C=O) groups excluding carboxylic acids is 1. The minimum Gasteiger partial charge on any atom is -0.360 e. The summed E-state index contributed by atoms with van der Waals surface area (Å²) in [6.45, 7) is 6.19. The quantitative estimate of drug-likeness (QED) is 0.648. The van der Waals surface area contributed by atoms with E-state index in [4.69, 9.17) is 4.52 Å². The van der Waals surface area contributed by atoms with Crippen LogP contribution in [0, 0.1) is 0 Å². The third-order valence-corrected chi connectivity index (χ3v) is 2.20. The summed E-state index contributed by atoms with van der Waals surface area (Å²) in [4.78, 5) is 10.3. The molecule has 0 saturated heterocycles. The number of rotatable bonds is 3. The van der Waals surface area contributed by atoms with Gasteiger partial charge in [0.15, 0.2) is 6.29 Å². The van der Waals surface area contributed by atoms with E-state index in [0.717, 1.165) is 12.2 Å². The third kappa shape index (κ3) is 1.55. The van der Waals surface area contributed by atoms with Crippen LogP contribution in [-0.4, -0.2) is 11.4 Å². The Morgan fingerprint density at radius 1 is 1.67 bits per heavy atom. The molecule has 0 aromatic carbocycles. The van der Waals surface area contributed by atoms with Crippen molar-refractivity contribution in [3.05, 3.63) is 17.5 Å². The monoisotopic (exact) mass is 167 g/mol. The van der Waals surface area contributed by atoms with Gasteiger partial charge in [0.1, 0.15) is 11.5 Å². The molecule has 0 atom stereocenters. The maximum Gasteiger partial charge on any atom is 0.171 e. The highest BCUT2D eigenvalue weighted by Gasteiger charge is 2.23. The molecule has 1 heterocycles. The van der Waals surface area contributed by atoms with Crippen LogP contribution < -0.4 is 0 Å². The van der Waals surface area contributed by atoms with E-state index in [9.17, 15) is 4.79 Å². The van der Waals surface area contributed by atoms with Gasteiger partial charge in [-0.1, -0.05) is 25.9 Å². The Labute approximate surface area is 71.7 Å². The molecule has 1 aromatic heterocycles. The summed E-state index contributed by atoms with van der Waals surface area (Å²) in [5.74, 6) is 0.770. The van der Waals surface area contributed by atoms with E-state index in [2.05, 4.69) is 25.9 Å². The van der Waals surface area contributed by atoms with Crippen LogP contribution in [0.4, 0.5) is 0 Å². The summed E-state index contributed by atoms with van der Waals surface area (Å²) >= 11 is 0. The van der Waals surface area contributed by atoms with Gasteiger partial charge in [0, 0.05) is 11.5 Å². The molecule has 0 spiro atoms. The maximum absolute atomic E-state index is 10.3. The molecule has 0 aliphatic carbocycles. The molecule has 0 aliphatic heterocycles. The fraction of sp³-hybridized carbons (Fsp3) is 0.556. The van der Waals surface area contributed by atoms with Crippen LogP contribution in [0.2, 0.25) is 0 Å². The number of aldehydes is 1. The first-order valence-electron chi connectivity index (χ1n) is 4.02. The summed E-state index contributed by atoms with van der Waals surface area (Å²) in [5.41, 5.74) is 0.334. The van der Waals surface area contributed by atoms with E-state index >= 15 is 0 Å². The summed E-state index contributed by atoms with van der Waals surface area (Å²) in [5, 5.41) is 3.61. The number of hydrogen-bond acceptors (Lipinski definition) is 3. The fourth-order valence-electron chi connectivity index (χ4n) is 0.838. The lowest BCUT2D eigenvalue weighted by molar-refractivity contribution is 0.111. The second-order valence-corrected chi connectivity index (χ2v) is 3.47. The second kappa shape index (κ2) is 3.09. The Bertz CT molecular complexity index is 276. The van der Waals surface area contributed by atoms with Gasteiger partial charge in [0.25, 0.3) is 0 Å². The van der Waals surface area contributed by atoms with Gasteiger partial charge in [-0.3, -0.25) is 4.79 Å². The highest BCUT2D eigenvalue weighted by molar-refractivity contribution is 5.71. The Kier molecular flexibility index (Phi) is 2.31. The van der Waals surface area contributed by atoms with Gasteiger partial charge < -0.3 is 4.52 Å². The molecule has 0 N–H and O–H groups in total. The lowest BCUT2D eigenvalue weighted by Gasteiger charge is -2.17. The van der Waals surface area contributed by atoms with Gasteiger partial charge >= 0.3 is 0 Å². The largest absolute Gasteiger partial charge is 0.360 e. The Morgan fingerprint density at radius 2 is 2.33 bits per heavy atom. The van der Waals surface area contributed by atoms with Crippen molar-refractivity contribution in [2.75, 3.05) is 0 Å². The molecule has 0 fully saturated rings. The lowest BCUT2D eigenvalue weighted by Crippen LogP contribution is -2.13. The molecule has 0 radical (unpaired) electrons. The first-order chi connectivity index (χ1) is 5.60. The van der Waals surface area contributed by atoms with Crippen LogP contribution in [0.15, 0.2) is 10.6 Å². The zero-order chi connectivity index (χ0) is 9.19. The van der Waals surface area contributed by atoms with Gasteiger partial charge in [-0.05, 0) is 6.42 Å². The van der Waals surface area contributed by atoms with E-state index in [0.29, 0.717) is 12.0 Å². The van der Waals surface area contributed by atoms with Crippen molar-refractivity contribution < 1.29 is 9.32 Å². The van der Waals surface area contributed by atoms with Crippen LogP contribution in [0.1, 0.15) is 43.4 Å². The number of carbonyl (C=O) groups is 1. The molecule has 0 bridgehead atoms. The normalized spacial score (nSPS) is 11.6. The molecule has 0 saturated carbocycles. The smallest absolute Gasteiger partial charge is 0.171 e. The van der Waals surface area contributed by atoms with Crippen molar-refractivity contribution in [2.24, 2.45) is 0 Å². The first-order valence-corrected chi connectivity index (χ1v) is 4.02. The van der Waals surface area contributed by atoms with Gasteiger partial charge in [0.05, 0.1) is 0 Å². The highest BCUT2D eigenvalue weighted by atomic mass is 16.5. The zero-order valence-corrected chi connectivity index (χ0v) is 7.63. The molecule has 0 amide bonds. The number of hydrogen-bond donors (Lipinski definition) is 0. The minimum absolute atomic E-state index is 0.0335. The third-order valence-electron chi connectivity index (χ3n) is 2.20. The van der Waals surface area contributed by atoms with Crippen LogP contribution in [-0.2, 0) is 5.41 Å². The topological polar surface area (TPSA) is 43.1 Å². The first kappa shape index (κ1) is 8.97. The standard InChI is InChI=1S/C9H13NO2/c1-4-9(2,3)8-5-7(6-11)10-12-8/h5-6H,4H2,1-3H3. The number of aromatic nitrogens is 1. The Morgan fingerprint density at radius 3 is 2.75 bits per heavy atom. The van der Waals surface area contributed by atoms with Crippen molar-refractivity contribution in [1.82, 2.24) is 5.16 Å². The van der Waals surface area contributed by atoms with Crippen molar-refractivity contribution in [1.29, 1.82) is 0 Å². The van der Waals surface area contributed by atoms with Gasteiger partial charge in [-0.15, -0.1) is 0 Å². The van der Waals surface area contributed by atoms with Crippen LogP contribution >= 0.6 is 0 Å². The lowest BCUT2D eigenvalue weighted by atomic mass is 9.87. The molecular weight excluding hydrogens is 154 g/mol. The Balaban J connectivity index is 2.95. The van der Waals surface area contributed by atoms with E-state index in [1.807, 2.05) is 0 Å². The second-order valence-electron chi connectivity index (χ2n) is 3.47. The van der Waals surface area contributed by atoms with E-state index in [-0.39, 0.29) is 5.41 Å². The highest BCUT2D eigenvalue weighted by Crippen LogP contribution is 2.26. The van der Waals surface area contributed by atoms with Gasteiger partial charge in [-0.25, -0.2) is 0 Å². The summed E-state index contributed by atoms with van der Waals surface area (Å²) in [6.07, 6.45) is 1.65. The average Bonchev–Trinajstić information content (AvgIpc) is 2.52. The molecule has 1 aromatic rings. The van der Waals surface area contributed by atoms with E-state index in [1.54, 1.807) is 6.07 Å². The minimum atomic E-state index is -0.0335. The van der Waals surface area contributed by atoms with Crippen molar-refractivity contribution in [3.63, 3.8) is 0 Å². The fourth-order valence-corrected chi connectivity index (χ4v) is 0.838. The van der Waals surface area contributed by atoms with Crippen LogP contribution in [0.5, 0.6) is 0 Å². The number of nitrogens with zero attached hydrogens (tertiary/aromatic N) is 1. The predicted molar refractivity (Wildman–Crippen MR) is 45.2 cm³/mol.